The summed E-state index contributed by atoms with van der Waals surface area (Å²) in [6, 6.07) is 9.56. The van der Waals surface area contributed by atoms with E-state index in [9.17, 15) is 19.4 Å². The lowest BCUT2D eigenvalue weighted by molar-refractivity contribution is 0.00419. The molecule has 2 heterocycles. The number of benzene rings is 2. The maximum absolute atomic E-state index is 16.0. The summed E-state index contributed by atoms with van der Waals surface area (Å²) in [6.45, 7) is 3.73. The largest absolute Gasteiger partial charge is 0.494 e. The smallest absolute Gasteiger partial charge is 0.251 e. The number of amides is 1. The second-order valence-electron chi connectivity index (χ2n) is 10.9. The number of halogens is 3. The highest BCUT2D eigenvalue weighted by Crippen LogP contribution is 2.47. The Labute approximate surface area is 234 Å². The van der Waals surface area contributed by atoms with Crippen molar-refractivity contribution >= 4 is 16.8 Å². The van der Waals surface area contributed by atoms with Crippen LogP contribution < -0.4 is 10.1 Å². The van der Waals surface area contributed by atoms with Gasteiger partial charge in [0.05, 0.1) is 30.5 Å². The molecule has 1 fully saturated rings. The van der Waals surface area contributed by atoms with Gasteiger partial charge in [0.1, 0.15) is 34.1 Å². The summed E-state index contributed by atoms with van der Waals surface area (Å²) in [4.78, 5) is 17.5. The van der Waals surface area contributed by atoms with E-state index in [2.05, 4.69) is 20.5 Å². The van der Waals surface area contributed by atoms with Crippen LogP contribution in [-0.2, 0) is 11.2 Å². The van der Waals surface area contributed by atoms with E-state index >= 15 is 8.78 Å². The third kappa shape index (κ3) is 5.34. The molecule has 0 saturated heterocycles. The first-order chi connectivity index (χ1) is 19.3. The van der Waals surface area contributed by atoms with Gasteiger partial charge in [0.2, 0.25) is 0 Å². The van der Waals surface area contributed by atoms with Gasteiger partial charge < -0.3 is 20.3 Å². The molecule has 1 unspecified atom stereocenters. The molecule has 2 aromatic carbocycles. The monoisotopic (exact) mass is 566 g/mol. The molecule has 1 aliphatic carbocycles. The van der Waals surface area contributed by atoms with Gasteiger partial charge in [-0.3, -0.25) is 4.79 Å². The van der Waals surface area contributed by atoms with E-state index in [-0.39, 0.29) is 16.8 Å². The molecule has 1 atom stereocenters. The summed E-state index contributed by atoms with van der Waals surface area (Å²) in [5.74, 6) is -3.66. The van der Waals surface area contributed by atoms with Crippen molar-refractivity contribution in [2.75, 3.05) is 13.7 Å². The minimum absolute atomic E-state index is 0.125. The fraction of sp³-hybridized carbons (Fsp3) is 0.333. The number of aryl methyl sites for hydroxylation is 1. The predicted octanol–water partition coefficient (Wildman–Crippen LogP) is 4.68. The number of hydrogen-bond acceptors (Lipinski definition) is 7. The quantitative estimate of drug-likeness (QED) is 0.284. The zero-order valence-electron chi connectivity index (χ0n) is 22.9. The highest BCUT2D eigenvalue weighted by Gasteiger charge is 2.50. The van der Waals surface area contributed by atoms with E-state index in [0.717, 1.165) is 12.1 Å². The number of pyridine rings is 1. The van der Waals surface area contributed by atoms with Crippen molar-refractivity contribution in [1.29, 1.82) is 0 Å². The van der Waals surface area contributed by atoms with Crippen molar-refractivity contribution < 1.29 is 32.9 Å². The molecular formula is C30H29F3N4O4. The van der Waals surface area contributed by atoms with Gasteiger partial charge in [-0.15, -0.1) is 5.10 Å². The van der Waals surface area contributed by atoms with Crippen molar-refractivity contribution in [2.45, 2.75) is 44.8 Å². The van der Waals surface area contributed by atoms with Gasteiger partial charge in [0.15, 0.2) is 11.6 Å². The number of hydrogen-bond donors (Lipinski definition) is 3. The fourth-order valence-corrected chi connectivity index (χ4v) is 4.98. The number of nitrogens with one attached hydrogen (secondary N) is 1. The van der Waals surface area contributed by atoms with E-state index in [4.69, 9.17) is 4.74 Å². The number of methoxy groups -OCH3 is 1. The molecule has 5 rings (SSSR count). The van der Waals surface area contributed by atoms with Gasteiger partial charge in [-0.25, -0.2) is 18.2 Å². The number of ether oxygens (including phenoxy) is 1. The molecule has 4 aromatic rings. The molecule has 1 amide bonds. The van der Waals surface area contributed by atoms with Gasteiger partial charge in [0.25, 0.3) is 5.91 Å². The summed E-state index contributed by atoms with van der Waals surface area (Å²) in [5.41, 5.74) is -4.16. The van der Waals surface area contributed by atoms with Gasteiger partial charge >= 0.3 is 0 Å². The number of aromatic nitrogens is 3. The highest BCUT2D eigenvalue weighted by atomic mass is 19.1. The molecule has 2 aromatic heterocycles. The number of rotatable bonds is 8. The Bertz CT molecular complexity index is 1650. The maximum atomic E-state index is 16.0. The normalized spacial score (nSPS) is 15.0. The van der Waals surface area contributed by atoms with Crippen molar-refractivity contribution in [3.8, 4) is 17.0 Å². The standard InChI is InChI=1S/C30H29F3N4O4/c1-15-11-17-12-18(13-21(41-4)25(17)37-36-15)28(38)34-14-30(40,19-7-8-19)27-24(33)22(29(2,3)39)23(32)26(35-27)16-5-9-20(31)10-6-16/h5-6,9-13,19,39-40H,7-8,14H2,1-4H3,(H,34,38). The SMILES string of the molecule is COc1cc(C(=O)NCC(O)(c2nc(-c3ccc(F)cc3)c(F)c(C(C)(C)O)c2F)C2CC2)cc2cc(C)nnc12. The Morgan fingerprint density at radius 3 is 2.34 bits per heavy atom. The minimum atomic E-state index is -2.04. The van der Waals surface area contributed by atoms with Crippen LogP contribution in [0.15, 0.2) is 42.5 Å². The lowest BCUT2D eigenvalue weighted by Crippen LogP contribution is -2.44. The summed E-state index contributed by atoms with van der Waals surface area (Å²) < 4.78 is 50.6. The van der Waals surface area contributed by atoms with Crippen LogP contribution in [0, 0.1) is 30.3 Å². The number of fused-ring (bicyclic) bond motifs is 1. The Hall–Kier alpha value is -4.09. The molecule has 0 bridgehead atoms. The van der Waals surface area contributed by atoms with Crippen molar-refractivity contribution in [2.24, 2.45) is 5.92 Å². The van der Waals surface area contributed by atoms with Crippen LogP contribution in [0.25, 0.3) is 22.2 Å². The third-order valence-corrected chi connectivity index (χ3v) is 7.25. The fourth-order valence-electron chi connectivity index (χ4n) is 4.98. The van der Waals surface area contributed by atoms with Gasteiger partial charge in [0, 0.05) is 16.5 Å². The van der Waals surface area contributed by atoms with Crippen molar-refractivity contribution in [3.63, 3.8) is 0 Å². The molecule has 3 N–H and O–H groups in total. The van der Waals surface area contributed by atoms with Crippen LogP contribution in [-0.4, -0.2) is 45.0 Å². The van der Waals surface area contributed by atoms with E-state index in [0.29, 0.717) is 35.2 Å². The number of aliphatic hydroxyl groups is 2. The molecule has 0 aliphatic heterocycles. The number of nitrogens with zero attached hydrogens (tertiary/aromatic N) is 3. The molecule has 214 valence electrons. The average Bonchev–Trinajstić information content (AvgIpc) is 3.77. The summed E-state index contributed by atoms with van der Waals surface area (Å²) >= 11 is 0. The first-order valence-corrected chi connectivity index (χ1v) is 13.0. The Kier molecular flexibility index (Phi) is 7.20. The number of carbonyl (C=O) groups is 1. The van der Waals surface area contributed by atoms with Gasteiger partial charge in [-0.1, -0.05) is 0 Å². The van der Waals surface area contributed by atoms with E-state index in [1.165, 1.54) is 39.2 Å². The Morgan fingerprint density at radius 2 is 1.73 bits per heavy atom. The van der Waals surface area contributed by atoms with Crippen LogP contribution in [0.5, 0.6) is 5.75 Å². The second kappa shape index (κ2) is 10.4. The lowest BCUT2D eigenvalue weighted by atomic mass is 9.87. The van der Waals surface area contributed by atoms with Crippen molar-refractivity contribution in [3.05, 3.63) is 82.4 Å². The molecule has 1 aliphatic rings. The predicted molar refractivity (Wildman–Crippen MR) is 145 cm³/mol. The molecular weight excluding hydrogens is 537 g/mol. The summed E-state index contributed by atoms with van der Waals surface area (Å²) in [7, 11) is 1.44. The first-order valence-electron chi connectivity index (χ1n) is 13.0. The van der Waals surface area contributed by atoms with Crippen LogP contribution in [0.3, 0.4) is 0 Å². The first kappa shape index (κ1) is 28.4. The maximum Gasteiger partial charge on any atom is 0.251 e. The van der Waals surface area contributed by atoms with Crippen LogP contribution in [0.1, 0.15) is 54.0 Å². The molecule has 8 nitrogen and oxygen atoms in total. The Morgan fingerprint density at radius 1 is 1.05 bits per heavy atom. The Balaban J connectivity index is 1.56. The van der Waals surface area contributed by atoms with E-state index in [1.54, 1.807) is 19.1 Å². The van der Waals surface area contributed by atoms with E-state index in [1.807, 2.05) is 0 Å². The summed E-state index contributed by atoms with van der Waals surface area (Å²) in [5, 5.41) is 34.0. The van der Waals surface area contributed by atoms with Crippen molar-refractivity contribution in [1.82, 2.24) is 20.5 Å². The molecule has 11 heteroatoms. The van der Waals surface area contributed by atoms with Crippen LogP contribution in [0.2, 0.25) is 0 Å². The highest BCUT2D eigenvalue weighted by molar-refractivity contribution is 5.99. The zero-order chi connectivity index (χ0) is 29.7. The van der Waals surface area contributed by atoms with Crippen LogP contribution >= 0.6 is 0 Å². The number of carbonyl (C=O) groups excluding carboxylic acids is 1. The minimum Gasteiger partial charge on any atom is -0.494 e. The van der Waals surface area contributed by atoms with Crippen LogP contribution in [0.4, 0.5) is 13.2 Å². The topological polar surface area (TPSA) is 117 Å². The molecule has 41 heavy (non-hydrogen) atoms. The molecule has 1 saturated carbocycles. The summed E-state index contributed by atoms with van der Waals surface area (Å²) in [6.07, 6.45) is 1.02. The lowest BCUT2D eigenvalue weighted by Gasteiger charge is -2.31. The molecule has 0 spiro atoms. The van der Waals surface area contributed by atoms with Gasteiger partial charge in [-0.2, -0.15) is 5.10 Å². The molecule has 0 radical (unpaired) electrons. The third-order valence-electron chi connectivity index (χ3n) is 7.25. The second-order valence-corrected chi connectivity index (χ2v) is 10.9. The zero-order valence-corrected chi connectivity index (χ0v) is 22.9. The average molecular weight is 567 g/mol. The van der Waals surface area contributed by atoms with E-state index < -0.39 is 58.3 Å². The van der Waals surface area contributed by atoms with Gasteiger partial charge in [-0.05, 0) is 82.0 Å².